The summed E-state index contributed by atoms with van der Waals surface area (Å²) >= 11 is 0. The van der Waals surface area contributed by atoms with E-state index in [0.717, 1.165) is 6.08 Å². The monoisotopic (exact) mass is 395 g/mol. The van der Waals surface area contributed by atoms with Gasteiger partial charge in [-0.2, -0.15) is 0 Å². The van der Waals surface area contributed by atoms with Gasteiger partial charge in [0.05, 0.1) is 31.3 Å². The second-order valence-electron chi connectivity index (χ2n) is 7.04. The molecule has 0 fully saturated rings. The number of amides is 1. The van der Waals surface area contributed by atoms with Crippen molar-refractivity contribution in [3.63, 3.8) is 0 Å². The molecular formula is C16H33N3O6S. The number of nitrogens with one attached hydrogen (secondary N) is 1. The summed E-state index contributed by atoms with van der Waals surface area (Å²) in [5.41, 5.74) is -1.74. The number of quaternary nitrogens is 1. The van der Waals surface area contributed by atoms with Crippen LogP contribution in [0.1, 0.15) is 26.2 Å². The summed E-state index contributed by atoms with van der Waals surface area (Å²) in [5, 5.41) is 11.8. The second kappa shape index (κ2) is 11.3. The number of hydrogen-bond donors (Lipinski definition) is 2. The first-order valence-corrected chi connectivity index (χ1v) is 9.78. The number of carboxylic acids is 1. The predicted octanol–water partition coefficient (Wildman–Crippen LogP) is 0.0591. The molecule has 9 nitrogen and oxygen atoms in total. The molecule has 10 heteroatoms. The van der Waals surface area contributed by atoms with Crippen molar-refractivity contribution in [3.05, 3.63) is 12.7 Å². The van der Waals surface area contributed by atoms with Crippen LogP contribution in [0.2, 0.25) is 0 Å². The Labute approximate surface area is 157 Å². The first-order chi connectivity index (χ1) is 11.6. The summed E-state index contributed by atoms with van der Waals surface area (Å²) < 4.78 is 31.6. The summed E-state index contributed by atoms with van der Waals surface area (Å²) in [4.78, 5) is 25.2. The van der Waals surface area contributed by atoms with Crippen molar-refractivity contribution in [2.45, 2.75) is 31.8 Å². The maximum atomic E-state index is 11.6. The summed E-state index contributed by atoms with van der Waals surface area (Å²) in [6, 6.07) is 0. The molecule has 0 saturated carbocycles. The highest BCUT2D eigenvalue weighted by Crippen LogP contribution is 2.23. The largest absolute Gasteiger partial charge is 0.748 e. The third-order valence-electron chi connectivity index (χ3n) is 3.62. The predicted molar refractivity (Wildman–Crippen MR) is 99.4 cm³/mol. The van der Waals surface area contributed by atoms with Crippen LogP contribution >= 0.6 is 0 Å². The van der Waals surface area contributed by atoms with E-state index in [0.29, 0.717) is 0 Å². The van der Waals surface area contributed by atoms with Gasteiger partial charge in [-0.05, 0) is 39.6 Å². The molecule has 0 aromatic carbocycles. The van der Waals surface area contributed by atoms with Gasteiger partial charge in [0.25, 0.3) is 5.66 Å². The van der Waals surface area contributed by atoms with Crippen LogP contribution in [-0.2, 0) is 19.7 Å². The van der Waals surface area contributed by atoms with Gasteiger partial charge in [0.15, 0.2) is 0 Å². The molecule has 2 N–H and O–H groups in total. The van der Waals surface area contributed by atoms with Crippen LogP contribution in [0.5, 0.6) is 0 Å². The Balaban J connectivity index is 0. The van der Waals surface area contributed by atoms with Crippen LogP contribution in [0.15, 0.2) is 12.7 Å². The number of carbonyl (C=O) groups is 2. The smallest absolute Gasteiger partial charge is 0.388 e. The molecule has 0 radical (unpaired) electrons. The fourth-order valence-electron chi connectivity index (χ4n) is 2.22. The highest BCUT2D eigenvalue weighted by molar-refractivity contribution is 7.85. The number of nitrogens with zero attached hydrogens (tertiary/aromatic N) is 2. The van der Waals surface area contributed by atoms with Crippen molar-refractivity contribution in [2.24, 2.45) is 0 Å². The molecular weight excluding hydrogens is 362 g/mol. The van der Waals surface area contributed by atoms with Gasteiger partial charge in [0.1, 0.15) is 0 Å². The van der Waals surface area contributed by atoms with E-state index in [1.807, 2.05) is 0 Å². The topological polar surface area (TPSA) is 127 Å². The van der Waals surface area contributed by atoms with E-state index in [9.17, 15) is 27.7 Å². The zero-order valence-corrected chi connectivity index (χ0v) is 17.4. The minimum atomic E-state index is -4.43. The fraction of sp³-hybridized carbons (Fsp3) is 0.750. The zero-order chi connectivity index (χ0) is 21.2. The van der Waals surface area contributed by atoms with E-state index in [-0.39, 0.29) is 17.3 Å². The van der Waals surface area contributed by atoms with Gasteiger partial charge in [0, 0.05) is 12.2 Å². The second-order valence-corrected chi connectivity index (χ2v) is 8.56. The van der Waals surface area contributed by atoms with E-state index < -0.39 is 33.4 Å². The lowest BCUT2D eigenvalue weighted by Gasteiger charge is -2.42. The zero-order valence-electron chi connectivity index (χ0n) is 16.6. The average Bonchev–Trinajstić information content (AvgIpc) is 2.43. The van der Waals surface area contributed by atoms with Crippen LogP contribution in [-0.4, -0.2) is 92.5 Å². The molecule has 0 aliphatic rings. The minimum absolute atomic E-state index is 0.176. The summed E-state index contributed by atoms with van der Waals surface area (Å²) in [5.74, 6) is -2.69. The minimum Gasteiger partial charge on any atom is -0.748 e. The highest BCUT2D eigenvalue weighted by Gasteiger charge is 2.51. The normalized spacial score (nSPS) is 14.0. The van der Waals surface area contributed by atoms with E-state index in [1.165, 1.54) is 13.0 Å². The summed E-state index contributed by atoms with van der Waals surface area (Å²) in [7, 11) is 4.37. The van der Waals surface area contributed by atoms with Crippen molar-refractivity contribution in [2.75, 3.05) is 47.5 Å². The fourth-order valence-corrected chi connectivity index (χ4v) is 2.72. The molecule has 154 valence electrons. The Kier molecular flexibility index (Phi) is 11.6. The Morgan fingerprint density at radius 2 is 1.81 bits per heavy atom. The van der Waals surface area contributed by atoms with E-state index in [2.05, 4.69) is 37.8 Å². The molecule has 1 unspecified atom stereocenters. The van der Waals surface area contributed by atoms with Gasteiger partial charge in [-0.3, -0.25) is 14.6 Å². The quantitative estimate of drug-likeness (QED) is 0.232. The van der Waals surface area contributed by atoms with Crippen LogP contribution in [0.25, 0.3) is 0 Å². The van der Waals surface area contributed by atoms with Crippen LogP contribution < -0.4 is 5.32 Å². The number of carboxylic acid groups (broad SMARTS) is 1. The summed E-state index contributed by atoms with van der Waals surface area (Å²) in [6.45, 7) is 6.64. The van der Waals surface area contributed by atoms with E-state index in [4.69, 9.17) is 0 Å². The third kappa shape index (κ3) is 10.5. The Morgan fingerprint density at radius 1 is 1.31 bits per heavy atom. The molecule has 0 aliphatic heterocycles. The number of hydrogen-bond acceptors (Lipinski definition) is 6. The maximum absolute atomic E-state index is 11.6. The van der Waals surface area contributed by atoms with Gasteiger partial charge >= 0.3 is 5.97 Å². The molecule has 1 amide bonds. The molecule has 0 rings (SSSR count). The third-order valence-corrected chi connectivity index (χ3v) is 4.41. The maximum Gasteiger partial charge on any atom is 0.388 e. The van der Waals surface area contributed by atoms with Gasteiger partial charge in [0.2, 0.25) is 5.91 Å². The van der Waals surface area contributed by atoms with Crippen molar-refractivity contribution in [3.8, 4) is 0 Å². The van der Waals surface area contributed by atoms with Gasteiger partial charge in [-0.15, -0.1) is 0 Å². The number of likely N-dealkylation sites (N-methyl/N-ethyl adjacent to an activating group) is 1. The molecule has 0 aliphatic carbocycles. The van der Waals surface area contributed by atoms with Crippen molar-refractivity contribution < 1.29 is 32.1 Å². The first-order valence-electron chi connectivity index (χ1n) is 8.20. The molecule has 0 bridgehead atoms. The van der Waals surface area contributed by atoms with E-state index >= 15 is 0 Å². The molecule has 0 saturated heterocycles. The summed E-state index contributed by atoms with van der Waals surface area (Å²) in [6.07, 6.45) is 1.81. The van der Waals surface area contributed by atoms with Crippen LogP contribution in [0.3, 0.4) is 0 Å². The highest BCUT2D eigenvalue weighted by atomic mass is 32.2. The Morgan fingerprint density at radius 3 is 2.04 bits per heavy atom. The molecule has 0 heterocycles. The van der Waals surface area contributed by atoms with Gasteiger partial charge in [-0.1, -0.05) is 13.5 Å². The molecule has 26 heavy (non-hydrogen) atoms. The molecule has 0 aromatic rings. The van der Waals surface area contributed by atoms with Crippen molar-refractivity contribution in [1.82, 2.24) is 10.2 Å². The lowest BCUT2D eigenvalue weighted by atomic mass is 10.00. The SMILES string of the molecule is C=CC(=O)NC(CCCS(=O)(=O)[O-])(C(=O)O)[N+](C)(C)C.CCCN(C)C. The number of rotatable bonds is 10. The molecule has 1 atom stereocenters. The lowest BCUT2D eigenvalue weighted by molar-refractivity contribution is -0.917. The van der Waals surface area contributed by atoms with Crippen LogP contribution in [0.4, 0.5) is 0 Å². The number of aliphatic carboxylic acids is 1. The molecule has 0 aromatic heterocycles. The first kappa shape index (κ1) is 26.7. The van der Waals surface area contributed by atoms with Crippen molar-refractivity contribution >= 4 is 22.0 Å². The molecule has 0 spiro atoms. The van der Waals surface area contributed by atoms with Crippen molar-refractivity contribution in [1.29, 1.82) is 0 Å². The number of carbonyl (C=O) groups excluding carboxylic acids is 1. The average molecular weight is 396 g/mol. The van der Waals surface area contributed by atoms with Gasteiger partial charge in [-0.25, -0.2) is 13.2 Å². The Bertz CT molecular complexity index is 569. The lowest BCUT2D eigenvalue weighted by Crippen LogP contribution is -2.71. The standard InChI is InChI=1S/C11H20N2O6S.C5H13N/c1-5-9(14)12-11(10(15)16,13(2,3)4)7-6-8-20(17,18)19;1-4-5-6(2)3/h5H,1,6-8H2,2-4H3,(H2-,12,14,15,16,17,18,19);4-5H2,1-3H3. The van der Waals surface area contributed by atoms with Gasteiger partial charge < -0.3 is 14.6 Å². The van der Waals surface area contributed by atoms with E-state index in [1.54, 1.807) is 21.1 Å². The Hall–Kier alpha value is -1.49. The van der Waals surface area contributed by atoms with Crippen LogP contribution in [0, 0.1) is 0 Å².